The van der Waals surface area contributed by atoms with Crippen LogP contribution in [0.15, 0.2) is 24.3 Å². The molecule has 1 fully saturated rings. The molecule has 2 N–H and O–H groups in total. The number of carbonyl (C=O) groups excluding carboxylic acids is 1. The zero-order valence-corrected chi connectivity index (χ0v) is 15.2. The van der Waals surface area contributed by atoms with Crippen molar-refractivity contribution < 1.29 is 9.53 Å². The molecule has 1 heterocycles. The minimum atomic E-state index is -2.05. The number of anilines is 1. The lowest BCUT2D eigenvalue weighted by Gasteiger charge is -2.26. The quantitative estimate of drug-likeness (QED) is 0.608. The molecule has 1 aromatic carbocycles. The maximum absolute atomic E-state index is 11.5. The number of nitrogens with one attached hydrogen (secondary N) is 2. The van der Waals surface area contributed by atoms with Gasteiger partial charge in [0.2, 0.25) is 0 Å². The molecule has 0 aromatic heterocycles. The van der Waals surface area contributed by atoms with Crippen molar-refractivity contribution in [1.29, 1.82) is 0 Å². The van der Waals surface area contributed by atoms with E-state index >= 15 is 0 Å². The van der Waals surface area contributed by atoms with E-state index < -0.39 is 9.70 Å². The Morgan fingerprint density at radius 3 is 2.39 bits per heavy atom. The van der Waals surface area contributed by atoms with E-state index in [1.165, 1.54) is 5.56 Å². The van der Waals surface area contributed by atoms with Crippen LogP contribution in [0.3, 0.4) is 0 Å². The van der Waals surface area contributed by atoms with Gasteiger partial charge in [0.25, 0.3) is 9.70 Å². The number of halogens is 3. The molecule has 0 bridgehead atoms. The Balaban J connectivity index is 1.84. The molecule has 9 heteroatoms. The summed E-state index contributed by atoms with van der Waals surface area (Å²) in [6, 6.07) is 7.75. The van der Waals surface area contributed by atoms with Crippen LogP contribution in [-0.2, 0) is 16.1 Å². The van der Waals surface area contributed by atoms with Crippen LogP contribution < -0.4 is 10.6 Å². The monoisotopic (exact) mass is 395 g/mol. The molecule has 5 nitrogen and oxygen atoms in total. The molecule has 1 aliphatic rings. The highest BCUT2D eigenvalue weighted by Crippen LogP contribution is 2.25. The first kappa shape index (κ1) is 18.7. The van der Waals surface area contributed by atoms with E-state index in [0.29, 0.717) is 0 Å². The topological polar surface area (TPSA) is 53.6 Å². The summed E-state index contributed by atoms with van der Waals surface area (Å²) in [4.78, 5) is 13.8. The zero-order valence-electron chi connectivity index (χ0n) is 12.2. The summed E-state index contributed by atoms with van der Waals surface area (Å²) in [5.41, 5.74) is 1.93. The molecule has 0 radical (unpaired) electrons. The molecule has 1 saturated heterocycles. The summed E-state index contributed by atoms with van der Waals surface area (Å²) >= 11 is 21.4. The smallest absolute Gasteiger partial charge is 0.278 e. The predicted molar refractivity (Wildman–Crippen MR) is 97.2 cm³/mol. The highest BCUT2D eigenvalue weighted by molar-refractivity contribution is 7.80. The Hall–Kier alpha value is -0.630. The fourth-order valence-electron chi connectivity index (χ4n) is 2.05. The largest absolute Gasteiger partial charge is 0.379 e. The molecule has 1 aliphatic heterocycles. The minimum Gasteiger partial charge on any atom is -0.379 e. The van der Waals surface area contributed by atoms with E-state index in [4.69, 9.17) is 51.8 Å². The zero-order chi connectivity index (χ0) is 16.9. The standard InChI is InChI=1S/C14H16Cl3N3O2S/c15-14(16,17)12(21)19-13(23)18-11-3-1-10(2-4-11)9-20-5-7-22-8-6-20/h1-4H,5-9H2,(H2,18,19,21,23). The van der Waals surface area contributed by atoms with Gasteiger partial charge in [-0.15, -0.1) is 0 Å². The molecule has 0 atom stereocenters. The molecule has 0 unspecified atom stereocenters. The molecule has 0 saturated carbocycles. The number of morpholine rings is 1. The van der Waals surface area contributed by atoms with Crippen molar-refractivity contribution >= 4 is 63.7 Å². The van der Waals surface area contributed by atoms with Gasteiger partial charge < -0.3 is 10.1 Å². The second kappa shape index (κ2) is 8.46. The first-order chi connectivity index (χ1) is 10.8. The maximum atomic E-state index is 11.5. The molecule has 126 valence electrons. The SMILES string of the molecule is O=C(NC(=S)Nc1ccc(CN2CCOCC2)cc1)C(Cl)(Cl)Cl. The summed E-state index contributed by atoms with van der Waals surface area (Å²) in [5.74, 6) is -0.802. The Kier molecular flexibility index (Phi) is 6.88. The van der Waals surface area contributed by atoms with Crippen molar-refractivity contribution in [2.24, 2.45) is 0 Å². The second-order valence-electron chi connectivity index (χ2n) is 4.99. The number of thiocarbonyl (C=S) groups is 1. The normalized spacial score (nSPS) is 16.0. The van der Waals surface area contributed by atoms with E-state index in [2.05, 4.69) is 15.5 Å². The van der Waals surface area contributed by atoms with Gasteiger partial charge in [0.15, 0.2) is 5.11 Å². The molecule has 0 aliphatic carbocycles. The van der Waals surface area contributed by atoms with Crippen LogP contribution in [0.25, 0.3) is 0 Å². The van der Waals surface area contributed by atoms with Gasteiger partial charge >= 0.3 is 0 Å². The van der Waals surface area contributed by atoms with E-state index in [1.54, 1.807) is 0 Å². The number of rotatable bonds is 3. The van der Waals surface area contributed by atoms with Gasteiger partial charge in [-0.05, 0) is 29.9 Å². The van der Waals surface area contributed by atoms with Gasteiger partial charge in [-0.25, -0.2) is 0 Å². The van der Waals surface area contributed by atoms with Crippen LogP contribution in [0.1, 0.15) is 5.56 Å². The van der Waals surface area contributed by atoms with Gasteiger partial charge in [-0.1, -0.05) is 46.9 Å². The average Bonchev–Trinajstić information content (AvgIpc) is 2.49. The minimum absolute atomic E-state index is 0.0715. The third-order valence-electron chi connectivity index (χ3n) is 3.21. The number of hydrogen-bond donors (Lipinski definition) is 2. The fourth-order valence-corrected chi connectivity index (χ4v) is 2.40. The van der Waals surface area contributed by atoms with Gasteiger partial charge in [-0.2, -0.15) is 0 Å². The summed E-state index contributed by atoms with van der Waals surface area (Å²) < 4.78 is 3.28. The molecule has 1 aromatic rings. The van der Waals surface area contributed by atoms with Crippen molar-refractivity contribution in [1.82, 2.24) is 10.2 Å². The van der Waals surface area contributed by atoms with Crippen LogP contribution in [0.5, 0.6) is 0 Å². The molecule has 1 amide bonds. The summed E-state index contributed by atoms with van der Waals surface area (Å²) in [5, 5.41) is 5.25. The van der Waals surface area contributed by atoms with Crippen LogP contribution >= 0.6 is 47.0 Å². The van der Waals surface area contributed by atoms with Crippen molar-refractivity contribution in [2.75, 3.05) is 31.6 Å². The van der Waals surface area contributed by atoms with Crippen molar-refractivity contribution in [3.05, 3.63) is 29.8 Å². The molecule has 2 rings (SSSR count). The number of hydrogen-bond acceptors (Lipinski definition) is 4. The summed E-state index contributed by atoms with van der Waals surface area (Å²) in [6.45, 7) is 4.30. The van der Waals surface area contributed by atoms with Crippen LogP contribution in [0, 0.1) is 0 Å². The maximum Gasteiger partial charge on any atom is 0.278 e. The number of amides is 1. The highest BCUT2D eigenvalue weighted by Gasteiger charge is 2.31. The lowest BCUT2D eigenvalue weighted by Crippen LogP contribution is -2.41. The Morgan fingerprint density at radius 2 is 1.83 bits per heavy atom. The van der Waals surface area contributed by atoms with Crippen LogP contribution in [-0.4, -0.2) is 46.0 Å². The van der Waals surface area contributed by atoms with E-state index in [-0.39, 0.29) is 5.11 Å². The lowest BCUT2D eigenvalue weighted by atomic mass is 10.2. The van der Waals surface area contributed by atoms with Crippen LogP contribution in [0.4, 0.5) is 5.69 Å². The number of nitrogens with zero attached hydrogens (tertiary/aromatic N) is 1. The Labute approximate surface area is 155 Å². The first-order valence-corrected chi connectivity index (χ1v) is 8.47. The summed E-state index contributed by atoms with van der Waals surface area (Å²) in [7, 11) is 0. The number of alkyl halides is 3. The van der Waals surface area contributed by atoms with Gasteiger partial charge in [0.1, 0.15) is 0 Å². The molecular weight excluding hydrogens is 381 g/mol. The second-order valence-corrected chi connectivity index (χ2v) is 7.68. The van der Waals surface area contributed by atoms with E-state index in [1.807, 2.05) is 24.3 Å². The highest BCUT2D eigenvalue weighted by atomic mass is 35.6. The van der Waals surface area contributed by atoms with E-state index in [0.717, 1.165) is 38.5 Å². The number of carbonyl (C=O) groups is 1. The van der Waals surface area contributed by atoms with Gasteiger partial charge in [0, 0.05) is 25.3 Å². The van der Waals surface area contributed by atoms with Crippen LogP contribution in [0.2, 0.25) is 0 Å². The Bertz CT molecular complexity index is 557. The van der Waals surface area contributed by atoms with Crippen molar-refractivity contribution in [3.63, 3.8) is 0 Å². The predicted octanol–water partition coefficient (Wildman–Crippen LogP) is 2.70. The van der Waals surface area contributed by atoms with Crippen molar-refractivity contribution in [2.45, 2.75) is 10.3 Å². The number of ether oxygens (including phenoxy) is 1. The molecule has 0 spiro atoms. The van der Waals surface area contributed by atoms with Crippen molar-refractivity contribution in [3.8, 4) is 0 Å². The van der Waals surface area contributed by atoms with Gasteiger partial charge in [0.05, 0.1) is 13.2 Å². The van der Waals surface area contributed by atoms with E-state index in [9.17, 15) is 4.79 Å². The molecular formula is C14H16Cl3N3O2S. The molecule has 23 heavy (non-hydrogen) atoms. The average molecular weight is 397 g/mol. The first-order valence-electron chi connectivity index (χ1n) is 6.93. The third-order valence-corrected chi connectivity index (χ3v) is 3.93. The Morgan fingerprint density at radius 1 is 1.22 bits per heavy atom. The fraction of sp³-hybridized carbons (Fsp3) is 0.429. The number of benzene rings is 1. The lowest BCUT2D eigenvalue weighted by molar-refractivity contribution is -0.118. The third kappa shape index (κ3) is 6.41. The summed E-state index contributed by atoms with van der Waals surface area (Å²) in [6.07, 6.45) is 0. The van der Waals surface area contributed by atoms with Gasteiger partial charge in [-0.3, -0.25) is 15.0 Å².